The van der Waals surface area contributed by atoms with Crippen molar-refractivity contribution in [2.45, 2.75) is 33.6 Å². The standard InChI is InChI=1S/C17H28N2O3/c1-4-7-11-21-16-9-8-14(13-15(16)18)17(20)22-12-10-19(5-2)6-3/h8-9,13H,4-7,10-12,18H2,1-3H3. The molecule has 1 rings (SSSR count). The Bertz CT molecular complexity index is 459. The van der Waals surface area contributed by atoms with Crippen molar-refractivity contribution in [2.24, 2.45) is 0 Å². The van der Waals surface area contributed by atoms with Crippen LogP contribution in [0.1, 0.15) is 44.0 Å². The summed E-state index contributed by atoms with van der Waals surface area (Å²) < 4.78 is 10.8. The molecule has 0 fully saturated rings. The summed E-state index contributed by atoms with van der Waals surface area (Å²) in [5.41, 5.74) is 6.85. The number of esters is 1. The van der Waals surface area contributed by atoms with E-state index in [0.717, 1.165) is 32.5 Å². The number of carbonyl (C=O) groups excluding carboxylic acids is 1. The lowest BCUT2D eigenvalue weighted by atomic mass is 10.2. The smallest absolute Gasteiger partial charge is 0.338 e. The molecule has 0 heterocycles. The van der Waals surface area contributed by atoms with Crippen LogP contribution in [0.4, 0.5) is 5.69 Å². The number of hydrogen-bond acceptors (Lipinski definition) is 5. The number of ether oxygens (including phenoxy) is 2. The predicted molar refractivity (Wildman–Crippen MR) is 89.3 cm³/mol. The minimum absolute atomic E-state index is 0.348. The second-order valence-electron chi connectivity index (χ2n) is 5.12. The van der Waals surface area contributed by atoms with Crippen molar-refractivity contribution in [3.8, 4) is 5.75 Å². The van der Waals surface area contributed by atoms with E-state index >= 15 is 0 Å². The van der Waals surface area contributed by atoms with E-state index in [1.54, 1.807) is 18.2 Å². The Morgan fingerprint density at radius 2 is 1.91 bits per heavy atom. The van der Waals surface area contributed by atoms with Gasteiger partial charge in [-0.1, -0.05) is 27.2 Å². The maximum Gasteiger partial charge on any atom is 0.338 e. The fourth-order valence-electron chi connectivity index (χ4n) is 2.02. The Kier molecular flexibility index (Phi) is 8.36. The van der Waals surface area contributed by atoms with Gasteiger partial charge >= 0.3 is 5.97 Å². The lowest BCUT2D eigenvalue weighted by Crippen LogP contribution is -2.27. The second-order valence-corrected chi connectivity index (χ2v) is 5.12. The summed E-state index contributed by atoms with van der Waals surface area (Å²) in [5.74, 6) is 0.270. The molecule has 2 N–H and O–H groups in total. The van der Waals surface area contributed by atoms with Crippen LogP contribution in [0, 0.1) is 0 Å². The molecular formula is C17H28N2O3. The van der Waals surface area contributed by atoms with Crippen molar-refractivity contribution in [1.82, 2.24) is 4.90 Å². The number of nitrogens with zero attached hydrogens (tertiary/aromatic N) is 1. The maximum absolute atomic E-state index is 12.0. The van der Waals surface area contributed by atoms with Gasteiger partial charge in [0.1, 0.15) is 12.4 Å². The van der Waals surface area contributed by atoms with Crippen molar-refractivity contribution >= 4 is 11.7 Å². The molecular weight excluding hydrogens is 280 g/mol. The number of anilines is 1. The van der Waals surface area contributed by atoms with Gasteiger partial charge < -0.3 is 20.1 Å². The van der Waals surface area contributed by atoms with Gasteiger partial charge in [-0.3, -0.25) is 0 Å². The number of nitrogen functional groups attached to an aromatic ring is 1. The maximum atomic E-state index is 12.0. The molecule has 5 heteroatoms. The molecule has 124 valence electrons. The van der Waals surface area contributed by atoms with E-state index in [1.807, 2.05) is 0 Å². The highest BCUT2D eigenvalue weighted by molar-refractivity contribution is 5.91. The third kappa shape index (κ3) is 5.93. The monoisotopic (exact) mass is 308 g/mol. The van der Waals surface area contributed by atoms with Crippen molar-refractivity contribution < 1.29 is 14.3 Å². The summed E-state index contributed by atoms with van der Waals surface area (Å²) in [5, 5.41) is 0. The molecule has 0 aliphatic rings. The largest absolute Gasteiger partial charge is 0.491 e. The molecule has 0 saturated heterocycles. The molecule has 1 aromatic rings. The summed E-state index contributed by atoms with van der Waals surface area (Å²) in [6, 6.07) is 5.03. The number of likely N-dealkylation sites (N-methyl/N-ethyl adjacent to an activating group) is 1. The number of hydrogen-bond donors (Lipinski definition) is 1. The Hall–Kier alpha value is -1.75. The lowest BCUT2D eigenvalue weighted by molar-refractivity contribution is 0.0466. The van der Waals surface area contributed by atoms with Crippen LogP contribution in [0.25, 0.3) is 0 Å². The van der Waals surface area contributed by atoms with Gasteiger partial charge in [0.25, 0.3) is 0 Å². The first-order valence-corrected chi connectivity index (χ1v) is 8.04. The number of benzene rings is 1. The van der Waals surface area contributed by atoms with Crippen LogP contribution in [-0.2, 0) is 4.74 Å². The summed E-state index contributed by atoms with van der Waals surface area (Å²) >= 11 is 0. The summed E-state index contributed by atoms with van der Waals surface area (Å²) in [6.45, 7) is 9.93. The van der Waals surface area contributed by atoms with Gasteiger partial charge in [0, 0.05) is 6.54 Å². The molecule has 0 radical (unpaired) electrons. The molecule has 0 amide bonds. The zero-order valence-corrected chi connectivity index (χ0v) is 13.9. The van der Waals surface area contributed by atoms with Gasteiger partial charge in [-0.15, -0.1) is 0 Å². The molecule has 0 atom stereocenters. The normalized spacial score (nSPS) is 10.7. The van der Waals surface area contributed by atoms with Gasteiger partial charge in [0.15, 0.2) is 0 Å². The average Bonchev–Trinajstić information content (AvgIpc) is 2.53. The third-order valence-electron chi connectivity index (χ3n) is 3.54. The highest BCUT2D eigenvalue weighted by atomic mass is 16.5. The van der Waals surface area contributed by atoms with Crippen molar-refractivity contribution in [3.05, 3.63) is 23.8 Å². The third-order valence-corrected chi connectivity index (χ3v) is 3.54. The molecule has 0 aliphatic carbocycles. The first-order chi connectivity index (χ1) is 10.6. The number of nitrogens with two attached hydrogens (primary N) is 1. The van der Waals surface area contributed by atoms with Gasteiger partial charge in [-0.25, -0.2) is 4.79 Å². The Balaban J connectivity index is 2.50. The van der Waals surface area contributed by atoms with Crippen LogP contribution in [0.3, 0.4) is 0 Å². The van der Waals surface area contributed by atoms with E-state index in [0.29, 0.717) is 30.2 Å². The minimum Gasteiger partial charge on any atom is -0.491 e. The fraction of sp³-hybridized carbons (Fsp3) is 0.588. The molecule has 0 saturated carbocycles. The van der Waals surface area contributed by atoms with Gasteiger partial charge in [-0.05, 0) is 37.7 Å². The second kappa shape index (κ2) is 10.1. The number of rotatable bonds is 10. The Labute approximate surface area is 133 Å². The van der Waals surface area contributed by atoms with Gasteiger partial charge in [0.05, 0.1) is 17.9 Å². The Morgan fingerprint density at radius 3 is 2.50 bits per heavy atom. The van der Waals surface area contributed by atoms with E-state index in [4.69, 9.17) is 15.2 Å². The van der Waals surface area contributed by atoms with Crippen LogP contribution in [-0.4, -0.2) is 43.7 Å². The SMILES string of the molecule is CCCCOc1ccc(C(=O)OCCN(CC)CC)cc1N. The molecule has 0 spiro atoms. The van der Waals surface area contributed by atoms with E-state index in [-0.39, 0.29) is 5.97 Å². The van der Waals surface area contributed by atoms with Gasteiger partial charge in [-0.2, -0.15) is 0 Å². The number of unbranched alkanes of at least 4 members (excludes halogenated alkanes) is 1. The van der Waals surface area contributed by atoms with Crippen molar-refractivity contribution in [3.63, 3.8) is 0 Å². The van der Waals surface area contributed by atoms with Crippen LogP contribution < -0.4 is 10.5 Å². The van der Waals surface area contributed by atoms with E-state index in [1.165, 1.54) is 0 Å². The molecule has 0 bridgehead atoms. The van der Waals surface area contributed by atoms with Crippen LogP contribution in [0.2, 0.25) is 0 Å². The molecule has 0 unspecified atom stereocenters. The van der Waals surface area contributed by atoms with Gasteiger partial charge in [0.2, 0.25) is 0 Å². The number of carbonyl (C=O) groups is 1. The molecule has 22 heavy (non-hydrogen) atoms. The quantitative estimate of drug-likeness (QED) is 0.409. The molecule has 5 nitrogen and oxygen atoms in total. The lowest BCUT2D eigenvalue weighted by Gasteiger charge is -2.17. The summed E-state index contributed by atoms with van der Waals surface area (Å²) in [7, 11) is 0. The first kappa shape index (κ1) is 18.3. The van der Waals surface area contributed by atoms with E-state index < -0.39 is 0 Å². The Morgan fingerprint density at radius 1 is 1.18 bits per heavy atom. The summed E-state index contributed by atoms with van der Waals surface area (Å²) in [4.78, 5) is 14.2. The van der Waals surface area contributed by atoms with Crippen LogP contribution in [0.5, 0.6) is 5.75 Å². The first-order valence-electron chi connectivity index (χ1n) is 8.04. The zero-order valence-electron chi connectivity index (χ0n) is 13.9. The van der Waals surface area contributed by atoms with E-state index in [9.17, 15) is 4.79 Å². The highest BCUT2D eigenvalue weighted by Crippen LogP contribution is 2.23. The molecule has 1 aromatic carbocycles. The van der Waals surface area contributed by atoms with E-state index in [2.05, 4.69) is 25.7 Å². The molecule has 0 aliphatic heterocycles. The zero-order chi connectivity index (χ0) is 16.4. The van der Waals surface area contributed by atoms with Crippen molar-refractivity contribution in [1.29, 1.82) is 0 Å². The highest BCUT2D eigenvalue weighted by Gasteiger charge is 2.11. The summed E-state index contributed by atoms with van der Waals surface area (Å²) in [6.07, 6.45) is 2.05. The van der Waals surface area contributed by atoms with Crippen LogP contribution in [0.15, 0.2) is 18.2 Å². The predicted octanol–water partition coefficient (Wildman–Crippen LogP) is 2.95. The van der Waals surface area contributed by atoms with Crippen molar-refractivity contribution in [2.75, 3.05) is 38.6 Å². The average molecular weight is 308 g/mol. The topological polar surface area (TPSA) is 64.8 Å². The van der Waals surface area contributed by atoms with Crippen LogP contribution >= 0.6 is 0 Å². The minimum atomic E-state index is -0.348. The fourth-order valence-corrected chi connectivity index (χ4v) is 2.02. The molecule has 0 aromatic heterocycles.